The van der Waals surface area contributed by atoms with Crippen LogP contribution in [0.4, 0.5) is 0 Å². The van der Waals surface area contributed by atoms with Gasteiger partial charge in [-0.25, -0.2) is 0 Å². The van der Waals surface area contributed by atoms with Crippen LogP contribution < -0.4 is 0 Å². The minimum atomic E-state index is -0.458. The number of rotatable bonds is 0. The largest absolute Gasteiger partial charge is 0.375 e. The van der Waals surface area contributed by atoms with E-state index in [2.05, 4.69) is 0 Å². The minimum Gasteiger partial charge on any atom is -0.375 e. The Labute approximate surface area is 37.4 Å². The van der Waals surface area contributed by atoms with E-state index in [1.807, 2.05) is 11.9 Å². The molecule has 2 heteroatoms. The highest BCUT2D eigenvalue weighted by atomic mass is 16.3. The van der Waals surface area contributed by atoms with Crippen LogP contribution in [-0.4, -0.2) is 29.3 Å². The fourth-order valence-electron chi connectivity index (χ4n) is 0.414. The summed E-state index contributed by atoms with van der Waals surface area (Å²) in [6.45, 7) is 2.62. The number of hydrogen-bond acceptors (Lipinski definition) is 2. The molecule has 1 heterocycles. The number of β-amino-alcohol motifs (C(OH)–C–C–N with tert-alkyl or cyclic N) is 1. The molecule has 1 aliphatic rings. The van der Waals surface area contributed by atoms with Crippen LogP contribution in [0.2, 0.25) is 0 Å². The van der Waals surface area contributed by atoms with Gasteiger partial charge in [0.15, 0.2) is 0 Å². The molecule has 0 aromatic rings. The second-order valence-electron chi connectivity index (χ2n) is 2.07. The Bertz CT molecular complexity index is 69.9. The molecule has 0 spiro atoms. The van der Waals surface area contributed by atoms with Crippen LogP contribution in [-0.2, 0) is 0 Å². The summed E-state index contributed by atoms with van der Waals surface area (Å²) in [7, 11) is 1.89. The summed E-state index contributed by atoms with van der Waals surface area (Å²) in [5, 5.41) is 8.83. The van der Waals surface area contributed by atoms with Gasteiger partial charge in [0.2, 0.25) is 0 Å². The van der Waals surface area contributed by atoms with E-state index in [1.54, 1.807) is 6.92 Å². The van der Waals surface area contributed by atoms with Gasteiger partial charge in [-0.15, -0.1) is 0 Å². The quantitative estimate of drug-likeness (QED) is 0.408. The van der Waals surface area contributed by atoms with Crippen molar-refractivity contribution in [2.45, 2.75) is 12.6 Å². The Morgan fingerprint density at radius 3 is 2.00 bits per heavy atom. The van der Waals surface area contributed by atoms with Gasteiger partial charge in [-0.1, -0.05) is 0 Å². The Kier molecular flexibility index (Phi) is 0.524. The zero-order valence-electron chi connectivity index (χ0n) is 4.10. The minimum absolute atomic E-state index is 0.458. The van der Waals surface area contributed by atoms with E-state index in [0.29, 0.717) is 0 Å². The Morgan fingerprint density at radius 1 is 1.83 bits per heavy atom. The fourth-order valence-corrected chi connectivity index (χ4v) is 0.414. The van der Waals surface area contributed by atoms with Gasteiger partial charge in [0.25, 0.3) is 0 Å². The summed E-state index contributed by atoms with van der Waals surface area (Å²) < 4.78 is 0. The molecule has 1 N–H and O–H groups in total. The fraction of sp³-hybridized carbons (Fsp3) is 1.00. The summed E-state index contributed by atoms with van der Waals surface area (Å²) >= 11 is 0. The van der Waals surface area contributed by atoms with Gasteiger partial charge in [-0.2, -0.15) is 0 Å². The summed E-state index contributed by atoms with van der Waals surface area (Å²) in [4.78, 5) is 1.87. The molecule has 1 aliphatic heterocycles. The Balaban J connectivity index is 2.41. The first-order valence-electron chi connectivity index (χ1n) is 2.06. The third kappa shape index (κ3) is 0.420. The molecular formula is C4H9NO. The lowest BCUT2D eigenvalue weighted by molar-refractivity contribution is 0.118. The van der Waals surface area contributed by atoms with Crippen molar-refractivity contribution in [3.8, 4) is 0 Å². The van der Waals surface area contributed by atoms with Gasteiger partial charge < -0.3 is 5.11 Å². The van der Waals surface area contributed by atoms with E-state index in [-0.39, 0.29) is 0 Å². The van der Waals surface area contributed by atoms with Crippen molar-refractivity contribution in [1.82, 2.24) is 4.90 Å². The Morgan fingerprint density at radius 2 is 2.00 bits per heavy atom. The second kappa shape index (κ2) is 0.768. The monoisotopic (exact) mass is 87.1 g/mol. The van der Waals surface area contributed by atoms with Crippen molar-refractivity contribution in [2.75, 3.05) is 13.6 Å². The summed E-state index contributed by atoms with van der Waals surface area (Å²) in [6, 6.07) is 0. The first-order valence-corrected chi connectivity index (χ1v) is 2.06. The molecular weight excluding hydrogens is 78.0 g/mol. The van der Waals surface area contributed by atoms with Crippen LogP contribution in [0.1, 0.15) is 6.92 Å². The number of aliphatic hydroxyl groups is 1. The standard InChI is InChI=1S/C4H9NO/c1-4(6)3-5(4)2/h6H,3H2,1-2H3. The van der Waals surface area contributed by atoms with Gasteiger partial charge in [0.05, 0.1) is 0 Å². The third-order valence-electron chi connectivity index (χ3n) is 1.26. The van der Waals surface area contributed by atoms with Crippen LogP contribution in [0, 0.1) is 0 Å². The molecule has 2 unspecified atom stereocenters. The van der Waals surface area contributed by atoms with E-state index < -0.39 is 5.72 Å². The van der Waals surface area contributed by atoms with E-state index in [4.69, 9.17) is 5.11 Å². The molecule has 0 radical (unpaired) electrons. The molecule has 0 saturated carbocycles. The van der Waals surface area contributed by atoms with Crippen LogP contribution >= 0.6 is 0 Å². The van der Waals surface area contributed by atoms with E-state index in [0.717, 1.165) is 6.54 Å². The molecule has 36 valence electrons. The molecule has 0 aliphatic carbocycles. The summed E-state index contributed by atoms with van der Waals surface area (Å²) in [5.41, 5.74) is -0.458. The normalized spacial score (nSPS) is 55.5. The van der Waals surface area contributed by atoms with Crippen molar-refractivity contribution in [3.05, 3.63) is 0 Å². The topological polar surface area (TPSA) is 23.2 Å². The Hall–Kier alpha value is -0.0800. The lowest BCUT2D eigenvalue weighted by Crippen LogP contribution is -2.07. The van der Waals surface area contributed by atoms with Crippen molar-refractivity contribution >= 4 is 0 Å². The smallest absolute Gasteiger partial charge is 0.128 e. The first-order chi connectivity index (χ1) is 2.63. The van der Waals surface area contributed by atoms with Gasteiger partial charge in [-0.05, 0) is 14.0 Å². The van der Waals surface area contributed by atoms with E-state index >= 15 is 0 Å². The third-order valence-corrected chi connectivity index (χ3v) is 1.26. The summed E-state index contributed by atoms with van der Waals surface area (Å²) in [5.74, 6) is 0. The highest BCUT2D eigenvalue weighted by Crippen LogP contribution is 2.23. The second-order valence-corrected chi connectivity index (χ2v) is 2.07. The van der Waals surface area contributed by atoms with E-state index in [1.165, 1.54) is 0 Å². The van der Waals surface area contributed by atoms with Crippen LogP contribution in [0.15, 0.2) is 0 Å². The van der Waals surface area contributed by atoms with Gasteiger partial charge in [0.1, 0.15) is 5.72 Å². The van der Waals surface area contributed by atoms with Crippen molar-refractivity contribution in [1.29, 1.82) is 0 Å². The maximum Gasteiger partial charge on any atom is 0.128 e. The maximum atomic E-state index is 8.83. The number of likely N-dealkylation sites (N-methyl/N-ethyl adjacent to an activating group) is 1. The molecule has 1 saturated heterocycles. The van der Waals surface area contributed by atoms with Crippen molar-refractivity contribution < 1.29 is 5.11 Å². The number of hydrogen-bond donors (Lipinski definition) is 1. The van der Waals surface area contributed by atoms with Gasteiger partial charge in [-0.3, -0.25) is 4.90 Å². The highest BCUT2D eigenvalue weighted by molar-refractivity contribution is 4.89. The van der Waals surface area contributed by atoms with E-state index in [9.17, 15) is 0 Å². The molecule has 6 heavy (non-hydrogen) atoms. The highest BCUT2D eigenvalue weighted by Gasteiger charge is 2.41. The molecule has 0 bridgehead atoms. The predicted octanol–water partition coefficient (Wildman–Crippen LogP) is -0.360. The maximum absolute atomic E-state index is 8.83. The van der Waals surface area contributed by atoms with Crippen LogP contribution in [0.3, 0.4) is 0 Å². The predicted molar refractivity (Wildman–Crippen MR) is 23.3 cm³/mol. The molecule has 0 aromatic carbocycles. The molecule has 1 rings (SSSR count). The van der Waals surface area contributed by atoms with Crippen LogP contribution in [0.5, 0.6) is 0 Å². The number of nitrogens with zero attached hydrogens (tertiary/aromatic N) is 1. The van der Waals surface area contributed by atoms with Crippen molar-refractivity contribution in [2.24, 2.45) is 0 Å². The van der Waals surface area contributed by atoms with Gasteiger partial charge in [0, 0.05) is 6.54 Å². The average Bonchev–Trinajstić information content (AvgIpc) is 1.73. The zero-order valence-corrected chi connectivity index (χ0v) is 4.10. The molecule has 0 amide bonds. The lowest BCUT2D eigenvalue weighted by atomic mass is 10.5. The SMILES string of the molecule is CN1CC1(C)O. The first kappa shape index (κ1) is 4.09. The average molecular weight is 87.1 g/mol. The summed E-state index contributed by atoms with van der Waals surface area (Å²) in [6.07, 6.45) is 0. The molecule has 0 aromatic heterocycles. The molecule has 2 atom stereocenters. The van der Waals surface area contributed by atoms with Crippen LogP contribution in [0.25, 0.3) is 0 Å². The molecule has 2 nitrogen and oxygen atoms in total. The molecule has 1 fully saturated rings. The van der Waals surface area contributed by atoms with Crippen molar-refractivity contribution in [3.63, 3.8) is 0 Å². The zero-order chi connectivity index (χ0) is 4.78. The lowest BCUT2D eigenvalue weighted by Gasteiger charge is -1.93. The van der Waals surface area contributed by atoms with Gasteiger partial charge >= 0.3 is 0 Å².